The molecule has 1 N–H and O–H groups in total. The van der Waals surface area contributed by atoms with Gasteiger partial charge in [-0.25, -0.2) is 0 Å². The van der Waals surface area contributed by atoms with E-state index in [4.69, 9.17) is 4.74 Å². The Morgan fingerprint density at radius 3 is 2.77 bits per heavy atom. The van der Waals surface area contributed by atoms with E-state index in [1.54, 1.807) is 11.8 Å². The number of carbonyl (C=O) groups is 2. The molecule has 1 unspecified atom stereocenters. The molecule has 0 bridgehead atoms. The van der Waals surface area contributed by atoms with Crippen LogP contribution in [0, 0.1) is 17.0 Å². The average molecular weight is 411 g/mol. The number of nitro benzene ring substituents is 1. The fraction of sp³-hybridized carbons (Fsp3) is 0.364. The van der Waals surface area contributed by atoms with Gasteiger partial charge in [0, 0.05) is 30.3 Å². The zero-order chi connectivity index (χ0) is 21.7. The summed E-state index contributed by atoms with van der Waals surface area (Å²) >= 11 is 0. The van der Waals surface area contributed by atoms with Crippen LogP contribution in [0.5, 0.6) is 5.75 Å². The molecule has 0 radical (unpaired) electrons. The van der Waals surface area contributed by atoms with E-state index >= 15 is 0 Å². The number of nitrogens with one attached hydrogen (secondary N) is 1. The number of likely N-dealkylation sites (tertiary alicyclic amines) is 1. The Morgan fingerprint density at radius 1 is 1.27 bits per heavy atom. The molecule has 1 saturated heterocycles. The van der Waals surface area contributed by atoms with Gasteiger partial charge in [0.25, 0.3) is 11.6 Å². The van der Waals surface area contributed by atoms with Gasteiger partial charge in [0.15, 0.2) is 0 Å². The Labute approximate surface area is 175 Å². The monoisotopic (exact) mass is 411 g/mol. The van der Waals surface area contributed by atoms with Gasteiger partial charge in [-0.2, -0.15) is 0 Å². The maximum Gasteiger partial charge on any atom is 0.272 e. The van der Waals surface area contributed by atoms with Crippen molar-refractivity contribution in [1.29, 1.82) is 0 Å². The van der Waals surface area contributed by atoms with Gasteiger partial charge in [0.2, 0.25) is 5.91 Å². The van der Waals surface area contributed by atoms with Crippen LogP contribution >= 0.6 is 0 Å². The quantitative estimate of drug-likeness (QED) is 0.557. The fourth-order valence-corrected chi connectivity index (χ4v) is 3.66. The highest BCUT2D eigenvalue weighted by molar-refractivity contribution is 5.98. The molecule has 2 aromatic rings. The van der Waals surface area contributed by atoms with Gasteiger partial charge in [-0.05, 0) is 56.5 Å². The van der Waals surface area contributed by atoms with E-state index in [2.05, 4.69) is 5.32 Å². The number of rotatable bonds is 7. The van der Waals surface area contributed by atoms with Crippen LogP contribution < -0.4 is 10.1 Å². The van der Waals surface area contributed by atoms with Crippen molar-refractivity contribution in [2.45, 2.75) is 39.3 Å². The third kappa shape index (κ3) is 4.76. The highest BCUT2D eigenvalue weighted by atomic mass is 16.6. The van der Waals surface area contributed by atoms with Crippen LogP contribution in [0.25, 0.3) is 0 Å². The number of nitro groups is 1. The second-order valence-electron chi connectivity index (χ2n) is 7.21. The predicted octanol–water partition coefficient (Wildman–Crippen LogP) is 3.22. The second-order valence-corrected chi connectivity index (χ2v) is 7.21. The SMILES string of the molecule is CCOc1cccc(CNC(=O)C2CCCN2C(=O)c2ccc([N+](=O)[O-])c(C)c2)c1. The van der Waals surface area contributed by atoms with Crippen molar-refractivity contribution < 1.29 is 19.2 Å². The summed E-state index contributed by atoms with van der Waals surface area (Å²) in [7, 11) is 0. The Hall–Kier alpha value is -3.42. The summed E-state index contributed by atoms with van der Waals surface area (Å²) in [5.41, 5.74) is 1.65. The first-order valence-corrected chi connectivity index (χ1v) is 9.96. The molecule has 1 aliphatic heterocycles. The normalized spacial score (nSPS) is 15.7. The molecule has 1 heterocycles. The number of benzene rings is 2. The van der Waals surface area contributed by atoms with Crippen LogP contribution in [0.1, 0.15) is 41.3 Å². The molecule has 8 heteroatoms. The number of carbonyl (C=O) groups excluding carboxylic acids is 2. The van der Waals surface area contributed by atoms with E-state index in [-0.39, 0.29) is 17.5 Å². The summed E-state index contributed by atoms with van der Waals surface area (Å²) in [6.45, 7) is 4.89. The minimum absolute atomic E-state index is 0.0310. The van der Waals surface area contributed by atoms with E-state index in [1.165, 1.54) is 18.2 Å². The molecule has 0 aromatic heterocycles. The third-order valence-corrected chi connectivity index (χ3v) is 5.13. The van der Waals surface area contributed by atoms with Crippen molar-refractivity contribution in [3.63, 3.8) is 0 Å². The zero-order valence-corrected chi connectivity index (χ0v) is 17.1. The summed E-state index contributed by atoms with van der Waals surface area (Å²) in [4.78, 5) is 37.8. The summed E-state index contributed by atoms with van der Waals surface area (Å²) in [5, 5.41) is 13.9. The zero-order valence-electron chi connectivity index (χ0n) is 17.1. The van der Waals surface area contributed by atoms with Gasteiger partial charge in [-0.3, -0.25) is 19.7 Å². The van der Waals surface area contributed by atoms with Crippen LogP contribution in [0.2, 0.25) is 0 Å². The van der Waals surface area contributed by atoms with Crippen LogP contribution in [0.3, 0.4) is 0 Å². The van der Waals surface area contributed by atoms with Gasteiger partial charge in [-0.1, -0.05) is 12.1 Å². The molecule has 1 aliphatic rings. The van der Waals surface area contributed by atoms with Crippen molar-refractivity contribution >= 4 is 17.5 Å². The van der Waals surface area contributed by atoms with Crippen molar-refractivity contribution in [3.05, 3.63) is 69.3 Å². The number of ether oxygens (including phenoxy) is 1. The molecular weight excluding hydrogens is 386 g/mol. The van der Waals surface area contributed by atoms with E-state index in [0.29, 0.717) is 37.2 Å². The van der Waals surface area contributed by atoms with E-state index in [0.717, 1.165) is 17.7 Å². The van der Waals surface area contributed by atoms with Crippen molar-refractivity contribution in [3.8, 4) is 5.75 Å². The first kappa shape index (κ1) is 21.3. The van der Waals surface area contributed by atoms with Gasteiger partial charge >= 0.3 is 0 Å². The van der Waals surface area contributed by atoms with Crippen molar-refractivity contribution in [2.75, 3.05) is 13.2 Å². The lowest BCUT2D eigenvalue weighted by Crippen LogP contribution is -2.45. The lowest BCUT2D eigenvalue weighted by molar-refractivity contribution is -0.385. The molecular formula is C22H25N3O5. The number of nitrogens with zero attached hydrogens (tertiary/aromatic N) is 2. The van der Waals surface area contributed by atoms with Crippen molar-refractivity contribution in [1.82, 2.24) is 10.2 Å². The van der Waals surface area contributed by atoms with Gasteiger partial charge < -0.3 is 15.0 Å². The van der Waals surface area contributed by atoms with E-state index < -0.39 is 11.0 Å². The van der Waals surface area contributed by atoms with Crippen LogP contribution in [-0.2, 0) is 11.3 Å². The Morgan fingerprint density at radius 2 is 2.07 bits per heavy atom. The Kier molecular flexibility index (Phi) is 6.66. The number of hydrogen-bond donors (Lipinski definition) is 1. The lowest BCUT2D eigenvalue weighted by Gasteiger charge is -2.24. The molecule has 2 amide bonds. The Balaban J connectivity index is 1.66. The molecule has 8 nitrogen and oxygen atoms in total. The maximum absolute atomic E-state index is 12.9. The molecule has 1 fully saturated rings. The first-order valence-electron chi connectivity index (χ1n) is 9.96. The van der Waals surface area contributed by atoms with Crippen molar-refractivity contribution in [2.24, 2.45) is 0 Å². The minimum atomic E-state index is -0.553. The Bertz CT molecular complexity index is 960. The largest absolute Gasteiger partial charge is 0.494 e. The highest BCUT2D eigenvalue weighted by Gasteiger charge is 2.34. The van der Waals surface area contributed by atoms with Crippen LogP contribution in [0.4, 0.5) is 5.69 Å². The highest BCUT2D eigenvalue weighted by Crippen LogP contribution is 2.24. The summed E-state index contributed by atoms with van der Waals surface area (Å²) < 4.78 is 5.48. The smallest absolute Gasteiger partial charge is 0.272 e. The van der Waals surface area contributed by atoms with Gasteiger partial charge in [0.05, 0.1) is 11.5 Å². The van der Waals surface area contributed by atoms with E-state index in [1.807, 2.05) is 31.2 Å². The second kappa shape index (κ2) is 9.39. The molecule has 0 spiro atoms. The standard InChI is InChI=1S/C22H25N3O5/c1-3-30-18-7-4-6-16(13-18)14-23-21(26)20-8-5-11-24(20)22(27)17-9-10-19(25(28)29)15(2)12-17/h4,6-7,9-10,12-13,20H,3,5,8,11,14H2,1-2H3,(H,23,26). The number of aryl methyl sites for hydroxylation is 1. The fourth-order valence-electron chi connectivity index (χ4n) is 3.66. The topological polar surface area (TPSA) is 102 Å². The average Bonchev–Trinajstić information content (AvgIpc) is 3.21. The summed E-state index contributed by atoms with van der Waals surface area (Å²) in [6.07, 6.45) is 1.32. The van der Waals surface area contributed by atoms with Crippen LogP contribution in [-0.4, -0.2) is 40.8 Å². The predicted molar refractivity (Wildman–Crippen MR) is 111 cm³/mol. The lowest BCUT2D eigenvalue weighted by atomic mass is 10.1. The summed E-state index contributed by atoms with van der Waals surface area (Å²) in [5.74, 6) is 0.251. The van der Waals surface area contributed by atoms with Gasteiger partial charge in [0.1, 0.15) is 11.8 Å². The molecule has 30 heavy (non-hydrogen) atoms. The number of hydrogen-bond acceptors (Lipinski definition) is 5. The summed E-state index contributed by atoms with van der Waals surface area (Å²) in [6, 6.07) is 11.2. The molecule has 3 rings (SSSR count). The molecule has 0 aliphatic carbocycles. The third-order valence-electron chi connectivity index (χ3n) is 5.13. The van der Waals surface area contributed by atoms with Crippen LogP contribution in [0.15, 0.2) is 42.5 Å². The van der Waals surface area contributed by atoms with E-state index in [9.17, 15) is 19.7 Å². The van der Waals surface area contributed by atoms with Gasteiger partial charge in [-0.15, -0.1) is 0 Å². The molecule has 1 atom stereocenters. The molecule has 0 saturated carbocycles. The first-order chi connectivity index (χ1) is 14.4. The number of amides is 2. The maximum atomic E-state index is 12.9. The minimum Gasteiger partial charge on any atom is -0.494 e. The molecule has 158 valence electrons. The molecule has 2 aromatic carbocycles.